The van der Waals surface area contributed by atoms with Crippen molar-refractivity contribution in [2.24, 2.45) is 7.05 Å². The van der Waals surface area contributed by atoms with Gasteiger partial charge in [0.2, 0.25) is 5.71 Å². The summed E-state index contributed by atoms with van der Waals surface area (Å²) < 4.78 is 44.3. The van der Waals surface area contributed by atoms with Crippen LogP contribution in [0, 0.1) is 6.92 Å². The van der Waals surface area contributed by atoms with Crippen LogP contribution in [0.1, 0.15) is 16.1 Å². The number of alkyl halides is 3. The first kappa shape index (κ1) is 16.8. The second-order valence-electron chi connectivity index (χ2n) is 4.96. The lowest BCUT2D eigenvalue weighted by atomic mass is 10.1. The Labute approximate surface area is 128 Å². The van der Waals surface area contributed by atoms with Crippen molar-refractivity contribution in [2.75, 3.05) is 13.1 Å². The molecule has 2 aromatic heterocycles. The molecule has 6 nitrogen and oxygen atoms in total. The van der Waals surface area contributed by atoms with Gasteiger partial charge in [-0.15, -0.1) is 6.58 Å². The fourth-order valence-corrected chi connectivity index (χ4v) is 2.19. The van der Waals surface area contributed by atoms with Crippen LogP contribution in [0.5, 0.6) is 0 Å². The maximum absolute atomic E-state index is 12.7. The maximum Gasteiger partial charge on any atom is 0.406 e. The van der Waals surface area contributed by atoms with Crippen molar-refractivity contribution < 1.29 is 22.4 Å². The number of furan rings is 1. The third-order valence-electron chi connectivity index (χ3n) is 3.17. The normalized spacial score (nSPS) is 11.7. The molecule has 0 atom stereocenters. The summed E-state index contributed by atoms with van der Waals surface area (Å²) >= 11 is 0. The van der Waals surface area contributed by atoms with Gasteiger partial charge >= 0.3 is 6.18 Å². The van der Waals surface area contributed by atoms with Gasteiger partial charge in [-0.1, -0.05) is 6.08 Å². The van der Waals surface area contributed by atoms with Crippen LogP contribution in [0.4, 0.5) is 13.2 Å². The first-order valence-corrected chi connectivity index (χ1v) is 6.57. The first-order chi connectivity index (χ1) is 10.7. The smallest absolute Gasteiger partial charge is 0.406 e. The van der Waals surface area contributed by atoms with Gasteiger partial charge in [-0.05, 0) is 6.92 Å². The summed E-state index contributed by atoms with van der Waals surface area (Å²) in [7, 11) is 1.42. The Kier molecular flexibility index (Phi) is 4.31. The highest BCUT2D eigenvalue weighted by Crippen LogP contribution is 2.24. The molecule has 9 heteroatoms. The van der Waals surface area contributed by atoms with Crippen LogP contribution in [0.25, 0.3) is 11.1 Å². The van der Waals surface area contributed by atoms with Crippen LogP contribution in [-0.4, -0.2) is 39.6 Å². The van der Waals surface area contributed by atoms with E-state index in [1.165, 1.54) is 26.4 Å². The summed E-state index contributed by atoms with van der Waals surface area (Å²) in [6, 6.07) is 0. The molecule has 0 aliphatic rings. The topological polar surface area (TPSA) is 68.3 Å². The molecule has 23 heavy (non-hydrogen) atoms. The molecule has 0 saturated heterocycles. The zero-order valence-electron chi connectivity index (χ0n) is 12.5. The van der Waals surface area contributed by atoms with E-state index in [-0.39, 0.29) is 29.0 Å². The van der Waals surface area contributed by atoms with E-state index in [1.807, 2.05) is 0 Å². The average Bonchev–Trinajstić information content (AvgIpc) is 2.77. The zero-order valence-corrected chi connectivity index (χ0v) is 12.5. The van der Waals surface area contributed by atoms with Crippen LogP contribution in [0.15, 0.2) is 28.2 Å². The summed E-state index contributed by atoms with van der Waals surface area (Å²) in [5.74, 6) is -0.916. The number of nitrogens with zero attached hydrogens (tertiary/aromatic N) is 3. The van der Waals surface area contributed by atoms with E-state index in [0.717, 1.165) is 4.57 Å². The van der Waals surface area contributed by atoms with Gasteiger partial charge < -0.3 is 13.9 Å². The predicted molar refractivity (Wildman–Crippen MR) is 76.1 cm³/mol. The highest BCUT2D eigenvalue weighted by molar-refractivity contribution is 6.06. The summed E-state index contributed by atoms with van der Waals surface area (Å²) in [5.41, 5.74) is -0.861. The highest BCUT2D eigenvalue weighted by atomic mass is 19.4. The maximum atomic E-state index is 12.7. The van der Waals surface area contributed by atoms with Crippen LogP contribution in [-0.2, 0) is 7.05 Å². The number of fused-ring (bicyclic) bond motifs is 1. The van der Waals surface area contributed by atoms with Crippen molar-refractivity contribution in [2.45, 2.75) is 13.1 Å². The molecule has 2 heterocycles. The third-order valence-corrected chi connectivity index (χ3v) is 3.17. The van der Waals surface area contributed by atoms with E-state index >= 15 is 0 Å². The summed E-state index contributed by atoms with van der Waals surface area (Å²) in [6.45, 7) is 2.98. The number of aromatic nitrogens is 2. The van der Waals surface area contributed by atoms with Gasteiger partial charge in [-0.2, -0.15) is 13.2 Å². The molecule has 124 valence electrons. The number of hydrogen-bond donors (Lipinski definition) is 0. The van der Waals surface area contributed by atoms with E-state index in [2.05, 4.69) is 11.6 Å². The van der Waals surface area contributed by atoms with E-state index in [9.17, 15) is 22.8 Å². The molecule has 0 unspecified atom stereocenters. The van der Waals surface area contributed by atoms with Gasteiger partial charge in [0.25, 0.3) is 11.5 Å². The molecule has 0 aliphatic carbocycles. The number of halogens is 3. The molecule has 2 rings (SSSR count). The van der Waals surface area contributed by atoms with Gasteiger partial charge in [-0.25, -0.2) is 4.98 Å². The lowest BCUT2D eigenvalue weighted by Gasteiger charge is -2.22. The number of carbonyl (C=O) groups is 1. The Balaban J connectivity index is 2.59. The Hall–Kier alpha value is -2.58. The van der Waals surface area contributed by atoms with E-state index < -0.39 is 24.2 Å². The van der Waals surface area contributed by atoms with Gasteiger partial charge in [-0.3, -0.25) is 9.59 Å². The van der Waals surface area contributed by atoms with Gasteiger partial charge in [0.1, 0.15) is 24.0 Å². The highest BCUT2D eigenvalue weighted by Gasteiger charge is 2.35. The van der Waals surface area contributed by atoms with Crippen LogP contribution in [0.2, 0.25) is 0 Å². The number of hydrogen-bond acceptors (Lipinski definition) is 4. The van der Waals surface area contributed by atoms with Crippen molar-refractivity contribution in [3.8, 4) is 0 Å². The minimum atomic E-state index is -4.57. The van der Waals surface area contributed by atoms with Crippen molar-refractivity contribution in [1.82, 2.24) is 14.5 Å². The van der Waals surface area contributed by atoms with E-state index in [4.69, 9.17) is 4.42 Å². The van der Waals surface area contributed by atoms with Crippen molar-refractivity contribution in [3.63, 3.8) is 0 Å². The summed E-state index contributed by atoms with van der Waals surface area (Å²) in [5, 5.41) is -0.131. The summed E-state index contributed by atoms with van der Waals surface area (Å²) in [6.07, 6.45) is -2.19. The second kappa shape index (κ2) is 5.90. The molecule has 0 aromatic carbocycles. The van der Waals surface area contributed by atoms with Crippen molar-refractivity contribution in [3.05, 3.63) is 40.7 Å². The van der Waals surface area contributed by atoms with Crippen LogP contribution in [0.3, 0.4) is 0 Å². The molecular weight excluding hydrogens is 315 g/mol. The lowest BCUT2D eigenvalue weighted by Crippen LogP contribution is -2.39. The van der Waals surface area contributed by atoms with E-state index in [0.29, 0.717) is 4.90 Å². The SMILES string of the molecule is C=CCN(CC(F)(F)F)C(=O)c1c(C)oc2ncn(C)c(=O)c12. The Morgan fingerprint density at radius 2 is 2.17 bits per heavy atom. The lowest BCUT2D eigenvalue weighted by molar-refractivity contribution is -0.139. The molecular formula is C14H14F3N3O3. The molecule has 0 bridgehead atoms. The average molecular weight is 329 g/mol. The van der Waals surface area contributed by atoms with Crippen molar-refractivity contribution in [1.29, 1.82) is 0 Å². The van der Waals surface area contributed by atoms with Gasteiger partial charge in [0.15, 0.2) is 0 Å². The molecule has 1 amide bonds. The number of carbonyl (C=O) groups excluding carboxylic acids is 1. The minimum absolute atomic E-state index is 0.0389. The summed E-state index contributed by atoms with van der Waals surface area (Å²) in [4.78, 5) is 29.1. The Morgan fingerprint density at radius 1 is 1.52 bits per heavy atom. The Morgan fingerprint density at radius 3 is 2.74 bits per heavy atom. The number of rotatable bonds is 4. The number of amides is 1. The monoisotopic (exact) mass is 329 g/mol. The largest absolute Gasteiger partial charge is 0.442 e. The van der Waals surface area contributed by atoms with Gasteiger partial charge in [0, 0.05) is 13.6 Å². The molecule has 0 fully saturated rings. The standard InChI is InChI=1S/C14H14F3N3O3/c1-4-5-20(6-14(15,16)17)13(22)9-8(2)23-11-10(9)12(21)19(3)7-18-11/h4,7H,1,5-6H2,2-3H3. The fourth-order valence-electron chi connectivity index (χ4n) is 2.19. The molecule has 0 saturated carbocycles. The van der Waals surface area contributed by atoms with Crippen molar-refractivity contribution >= 4 is 17.0 Å². The molecule has 0 radical (unpaired) electrons. The molecule has 2 aromatic rings. The zero-order chi connectivity index (χ0) is 17.4. The molecule has 0 spiro atoms. The number of aryl methyl sites for hydroxylation is 2. The molecule has 0 N–H and O–H groups in total. The quantitative estimate of drug-likeness (QED) is 0.805. The Bertz CT molecular complexity index is 820. The molecule has 0 aliphatic heterocycles. The first-order valence-electron chi connectivity index (χ1n) is 6.57. The van der Waals surface area contributed by atoms with Crippen LogP contribution < -0.4 is 5.56 Å². The second-order valence-corrected chi connectivity index (χ2v) is 4.96. The third kappa shape index (κ3) is 3.27. The minimum Gasteiger partial charge on any atom is -0.442 e. The van der Waals surface area contributed by atoms with Crippen LogP contribution >= 0.6 is 0 Å². The fraction of sp³-hybridized carbons (Fsp3) is 0.357. The predicted octanol–water partition coefficient (Wildman–Crippen LogP) is 2.03. The van der Waals surface area contributed by atoms with E-state index in [1.54, 1.807) is 0 Å². The van der Waals surface area contributed by atoms with Gasteiger partial charge in [0.05, 0.1) is 5.56 Å².